The van der Waals surface area contributed by atoms with Crippen molar-refractivity contribution in [2.45, 2.75) is 52.0 Å². The maximum absolute atomic E-state index is 13.7. The van der Waals surface area contributed by atoms with Gasteiger partial charge in [-0.15, -0.1) is 0 Å². The maximum Gasteiger partial charge on any atom is 0.307 e. The Labute approximate surface area is 252 Å². The number of hydrogen-bond acceptors (Lipinski definition) is 6. The van der Waals surface area contributed by atoms with Crippen LogP contribution >= 0.6 is 0 Å². The van der Waals surface area contributed by atoms with E-state index >= 15 is 0 Å². The zero-order chi connectivity index (χ0) is 31.0. The summed E-state index contributed by atoms with van der Waals surface area (Å²) in [6.45, 7) is 5.91. The molecular weight excluding hydrogens is 540 g/mol. The van der Waals surface area contributed by atoms with Crippen molar-refractivity contribution in [1.82, 2.24) is 15.2 Å². The van der Waals surface area contributed by atoms with E-state index < -0.39 is 29.6 Å². The Morgan fingerprint density at radius 3 is 2.16 bits per heavy atom. The molecule has 0 saturated carbocycles. The molecule has 3 aromatic carbocycles. The number of aromatic nitrogens is 1. The monoisotopic (exact) mass is 578 g/mol. The van der Waals surface area contributed by atoms with Crippen LogP contribution in [0.3, 0.4) is 0 Å². The van der Waals surface area contributed by atoms with E-state index in [0.29, 0.717) is 11.1 Å². The Hall–Kier alpha value is -4.71. The minimum absolute atomic E-state index is 0.115. The van der Waals surface area contributed by atoms with Crippen molar-refractivity contribution in [3.05, 3.63) is 114 Å². The molecule has 0 aliphatic carbocycles. The van der Waals surface area contributed by atoms with E-state index in [-0.39, 0.29) is 18.9 Å². The van der Waals surface area contributed by atoms with E-state index in [1.54, 1.807) is 19.2 Å². The summed E-state index contributed by atoms with van der Waals surface area (Å²) in [6.07, 6.45) is 2.55. The van der Waals surface area contributed by atoms with Crippen molar-refractivity contribution in [3.63, 3.8) is 0 Å². The minimum Gasteiger partial charge on any atom is -0.461 e. The predicted octanol–water partition coefficient (Wildman–Crippen LogP) is 5.30. The molecule has 1 amide bonds. The fourth-order valence-electron chi connectivity index (χ4n) is 4.86. The van der Waals surface area contributed by atoms with Gasteiger partial charge in [0.25, 0.3) is 0 Å². The van der Waals surface area contributed by atoms with Crippen molar-refractivity contribution < 1.29 is 19.4 Å². The van der Waals surface area contributed by atoms with Crippen LogP contribution in [0.1, 0.15) is 49.8 Å². The number of carbonyl (C=O) groups excluding carboxylic acids is 2. The lowest BCUT2D eigenvalue weighted by atomic mass is 9.84. The third-order valence-corrected chi connectivity index (χ3v) is 7.40. The molecule has 3 atom stereocenters. The number of nitrogens with zero attached hydrogens (tertiary/aromatic N) is 2. The number of hydrogen-bond donors (Lipinski definition) is 3. The van der Waals surface area contributed by atoms with Gasteiger partial charge in [0.05, 0.1) is 30.0 Å². The average Bonchev–Trinajstić information content (AvgIpc) is 3.51. The first-order chi connectivity index (χ1) is 20.6. The molecule has 1 heterocycles. The van der Waals surface area contributed by atoms with Gasteiger partial charge in [-0.25, -0.2) is 0 Å². The third kappa shape index (κ3) is 8.19. The molecule has 0 radical (unpaired) electrons. The van der Waals surface area contributed by atoms with E-state index in [1.807, 2.05) is 111 Å². The number of esters is 1. The van der Waals surface area contributed by atoms with Crippen LogP contribution in [0.5, 0.6) is 0 Å². The van der Waals surface area contributed by atoms with Gasteiger partial charge in [0.2, 0.25) is 5.91 Å². The molecule has 8 nitrogen and oxygen atoms in total. The Balaban J connectivity index is 1.56. The van der Waals surface area contributed by atoms with Gasteiger partial charge in [0, 0.05) is 18.1 Å². The van der Waals surface area contributed by atoms with Crippen LogP contribution in [0, 0.1) is 16.7 Å². The minimum atomic E-state index is -0.978. The molecule has 3 N–H and O–H groups in total. The maximum atomic E-state index is 13.7. The van der Waals surface area contributed by atoms with Crippen molar-refractivity contribution in [2.75, 3.05) is 7.05 Å². The fraction of sp³-hybridized carbons (Fsp3) is 0.286. The highest BCUT2D eigenvalue weighted by Gasteiger charge is 2.35. The topological polar surface area (TPSA) is 116 Å². The number of benzene rings is 3. The van der Waals surface area contributed by atoms with Crippen LogP contribution in [0.25, 0.3) is 16.8 Å². The highest BCUT2D eigenvalue weighted by molar-refractivity contribution is 5.88. The van der Waals surface area contributed by atoms with Gasteiger partial charge in [0.1, 0.15) is 12.8 Å². The highest BCUT2D eigenvalue weighted by atomic mass is 16.5. The SMILES string of the molecule is CNC(O)[C@@H](NC(=O)[C@@H](CC(=O)OCc1ccccc1)c1ccn(-c2ccc(-c3ccc(C#N)cc3)cc2)c1)C(C)(C)C. The first kappa shape index (κ1) is 31.2. The van der Waals surface area contributed by atoms with Crippen molar-refractivity contribution >= 4 is 11.9 Å². The van der Waals surface area contributed by atoms with Gasteiger partial charge >= 0.3 is 5.97 Å². The Bertz CT molecular complexity index is 1550. The van der Waals surface area contributed by atoms with Gasteiger partial charge in [-0.3, -0.25) is 14.9 Å². The van der Waals surface area contributed by atoms with E-state index in [4.69, 9.17) is 10.00 Å². The summed E-state index contributed by atoms with van der Waals surface area (Å²) < 4.78 is 7.43. The lowest BCUT2D eigenvalue weighted by Crippen LogP contribution is -2.56. The molecule has 0 aliphatic heterocycles. The normalized spacial score (nSPS) is 13.4. The molecule has 222 valence electrons. The quantitative estimate of drug-likeness (QED) is 0.164. The standard InChI is InChI=1S/C35H38N4O4/c1-35(2,3)32(34(42)37-4)38-33(41)30(20-31(40)43-23-25-8-6-5-7-9-25)28-18-19-39(22-28)29-16-14-27(15-17-29)26-12-10-24(21-36)11-13-26/h5-19,22,30,32,34,37,42H,20,23H2,1-4H3,(H,38,41)/t30-,32+,34?/m0/s1. The number of likely N-dealkylation sites (N-methyl/N-ethyl adjacent to an activating group) is 1. The van der Waals surface area contributed by atoms with E-state index in [0.717, 1.165) is 22.4 Å². The summed E-state index contributed by atoms with van der Waals surface area (Å²) in [5.41, 5.74) is 4.55. The molecule has 1 aromatic heterocycles. The van der Waals surface area contributed by atoms with Gasteiger partial charge in [-0.1, -0.05) is 75.4 Å². The van der Waals surface area contributed by atoms with Crippen LogP contribution in [-0.2, 0) is 20.9 Å². The molecule has 4 aromatic rings. The van der Waals surface area contributed by atoms with Crippen LogP contribution in [-0.4, -0.2) is 40.9 Å². The van der Waals surface area contributed by atoms with Crippen molar-refractivity contribution in [3.8, 4) is 22.9 Å². The van der Waals surface area contributed by atoms with Crippen LogP contribution in [0.2, 0.25) is 0 Å². The first-order valence-electron chi connectivity index (χ1n) is 14.2. The molecule has 0 bridgehead atoms. The predicted molar refractivity (Wildman–Crippen MR) is 166 cm³/mol. The molecular formula is C35H38N4O4. The summed E-state index contributed by atoms with van der Waals surface area (Å²) >= 11 is 0. The summed E-state index contributed by atoms with van der Waals surface area (Å²) in [7, 11) is 1.63. The van der Waals surface area contributed by atoms with Gasteiger partial charge in [-0.05, 0) is 65.0 Å². The van der Waals surface area contributed by atoms with E-state index in [2.05, 4.69) is 16.7 Å². The second-order valence-electron chi connectivity index (χ2n) is 11.6. The molecule has 8 heteroatoms. The molecule has 0 aliphatic rings. The number of carbonyl (C=O) groups is 2. The van der Waals surface area contributed by atoms with Crippen molar-refractivity contribution in [1.29, 1.82) is 5.26 Å². The average molecular weight is 579 g/mol. The molecule has 4 rings (SSSR count). The summed E-state index contributed by atoms with van der Waals surface area (Å²) in [5.74, 6) is -1.71. The number of ether oxygens (including phenoxy) is 1. The largest absolute Gasteiger partial charge is 0.461 e. The molecule has 1 unspecified atom stereocenters. The third-order valence-electron chi connectivity index (χ3n) is 7.40. The second-order valence-corrected chi connectivity index (χ2v) is 11.6. The second kappa shape index (κ2) is 14.0. The summed E-state index contributed by atoms with van der Waals surface area (Å²) in [6, 6.07) is 28.1. The summed E-state index contributed by atoms with van der Waals surface area (Å²) in [4.78, 5) is 26.7. The van der Waals surface area contributed by atoms with Crippen LogP contribution < -0.4 is 10.6 Å². The Morgan fingerprint density at radius 1 is 0.953 bits per heavy atom. The fourth-order valence-corrected chi connectivity index (χ4v) is 4.86. The van der Waals surface area contributed by atoms with Gasteiger partial charge < -0.3 is 19.7 Å². The Kier molecular flexibility index (Phi) is 10.1. The van der Waals surface area contributed by atoms with Crippen LogP contribution in [0.4, 0.5) is 0 Å². The van der Waals surface area contributed by atoms with Crippen LogP contribution in [0.15, 0.2) is 97.3 Å². The lowest BCUT2D eigenvalue weighted by molar-refractivity contribution is -0.147. The summed E-state index contributed by atoms with van der Waals surface area (Å²) in [5, 5.41) is 25.4. The zero-order valence-corrected chi connectivity index (χ0v) is 25.0. The lowest BCUT2D eigenvalue weighted by Gasteiger charge is -2.35. The highest BCUT2D eigenvalue weighted by Crippen LogP contribution is 2.28. The van der Waals surface area contributed by atoms with Crippen molar-refractivity contribution in [2.24, 2.45) is 5.41 Å². The van der Waals surface area contributed by atoms with E-state index in [9.17, 15) is 14.7 Å². The number of amides is 1. The number of rotatable bonds is 11. The molecule has 0 spiro atoms. The van der Waals surface area contributed by atoms with E-state index in [1.165, 1.54) is 0 Å². The molecule has 0 fully saturated rings. The number of aliphatic hydroxyl groups excluding tert-OH is 1. The number of nitriles is 1. The van der Waals surface area contributed by atoms with Gasteiger partial charge in [0.15, 0.2) is 0 Å². The zero-order valence-electron chi connectivity index (χ0n) is 25.0. The molecule has 43 heavy (non-hydrogen) atoms. The van der Waals surface area contributed by atoms with Gasteiger partial charge in [-0.2, -0.15) is 5.26 Å². The smallest absolute Gasteiger partial charge is 0.307 e. The number of aliphatic hydroxyl groups is 1. The Morgan fingerprint density at radius 2 is 1.58 bits per heavy atom. The molecule has 0 saturated heterocycles. The number of nitrogens with one attached hydrogen (secondary N) is 2. The first-order valence-corrected chi connectivity index (χ1v) is 14.2.